The van der Waals surface area contributed by atoms with Crippen molar-refractivity contribution in [1.82, 2.24) is 14.9 Å². The van der Waals surface area contributed by atoms with Crippen LogP contribution in [0.1, 0.15) is 15.4 Å². The summed E-state index contributed by atoms with van der Waals surface area (Å²) in [5.74, 6) is 0.837. The van der Waals surface area contributed by atoms with Crippen LogP contribution in [0.15, 0.2) is 36.5 Å². The number of anilines is 2. The molecular weight excluding hydrogens is 358 g/mol. The van der Waals surface area contributed by atoms with E-state index in [1.54, 1.807) is 28.5 Å². The van der Waals surface area contributed by atoms with Crippen LogP contribution in [0.2, 0.25) is 0 Å². The first-order chi connectivity index (χ1) is 13.0. The van der Waals surface area contributed by atoms with Gasteiger partial charge in [-0.05, 0) is 44.3 Å². The number of carbonyl (C=O) groups is 1. The van der Waals surface area contributed by atoms with Gasteiger partial charge in [0.05, 0.1) is 15.2 Å². The number of carbonyl (C=O) groups excluding carboxylic acids is 1. The van der Waals surface area contributed by atoms with Crippen LogP contribution < -0.4 is 9.80 Å². The standard InChI is InChI=1S/C20H23N5OS/c1-14-22-17-5-4-16(13-18(17)27-14)24(3)20(26)15-6-7-21-19(12-15)25-10-8-23(2)9-11-25/h4-7,12-13H,8-11H2,1-3H3. The Morgan fingerprint density at radius 1 is 1.15 bits per heavy atom. The van der Waals surface area contributed by atoms with Gasteiger partial charge < -0.3 is 14.7 Å². The third-order valence-electron chi connectivity index (χ3n) is 4.99. The fourth-order valence-corrected chi connectivity index (χ4v) is 4.17. The Morgan fingerprint density at radius 2 is 1.93 bits per heavy atom. The molecule has 0 saturated carbocycles. The van der Waals surface area contributed by atoms with Gasteiger partial charge in [0, 0.05) is 50.7 Å². The molecule has 0 unspecified atom stereocenters. The topological polar surface area (TPSA) is 52.6 Å². The minimum atomic E-state index is -0.0339. The quantitative estimate of drug-likeness (QED) is 0.698. The molecule has 1 aliphatic heterocycles. The summed E-state index contributed by atoms with van der Waals surface area (Å²) in [6, 6.07) is 9.63. The van der Waals surface area contributed by atoms with E-state index in [9.17, 15) is 4.79 Å². The number of rotatable bonds is 3. The van der Waals surface area contributed by atoms with E-state index in [2.05, 4.69) is 26.8 Å². The Balaban J connectivity index is 1.56. The van der Waals surface area contributed by atoms with Crippen molar-refractivity contribution in [2.24, 2.45) is 0 Å². The van der Waals surface area contributed by atoms with Gasteiger partial charge in [0.2, 0.25) is 0 Å². The van der Waals surface area contributed by atoms with Crippen molar-refractivity contribution < 1.29 is 4.79 Å². The van der Waals surface area contributed by atoms with Crippen molar-refractivity contribution >= 4 is 39.0 Å². The van der Waals surface area contributed by atoms with Gasteiger partial charge in [-0.2, -0.15) is 0 Å². The molecule has 0 bridgehead atoms. The Labute approximate surface area is 163 Å². The molecule has 0 N–H and O–H groups in total. The van der Waals surface area contributed by atoms with Crippen LogP contribution in [-0.2, 0) is 0 Å². The molecule has 6 nitrogen and oxygen atoms in total. The van der Waals surface area contributed by atoms with Gasteiger partial charge in [0.15, 0.2) is 0 Å². The largest absolute Gasteiger partial charge is 0.354 e. The first kappa shape index (κ1) is 17.9. The first-order valence-corrected chi connectivity index (χ1v) is 9.88. The zero-order valence-corrected chi connectivity index (χ0v) is 16.7. The van der Waals surface area contributed by atoms with Crippen LogP contribution in [0, 0.1) is 6.92 Å². The van der Waals surface area contributed by atoms with Crippen LogP contribution in [0.5, 0.6) is 0 Å². The van der Waals surface area contributed by atoms with Gasteiger partial charge in [0.1, 0.15) is 5.82 Å². The predicted molar refractivity (Wildman–Crippen MR) is 111 cm³/mol. The lowest BCUT2D eigenvalue weighted by molar-refractivity contribution is 0.0993. The van der Waals surface area contributed by atoms with Crippen LogP contribution in [0.4, 0.5) is 11.5 Å². The average molecular weight is 382 g/mol. The number of pyridine rings is 1. The zero-order valence-electron chi connectivity index (χ0n) is 15.8. The SMILES string of the molecule is Cc1nc2ccc(N(C)C(=O)c3ccnc(N4CCN(C)CC4)c3)cc2s1. The molecule has 1 saturated heterocycles. The summed E-state index contributed by atoms with van der Waals surface area (Å²) in [4.78, 5) is 28.2. The van der Waals surface area contributed by atoms with Crippen molar-refractivity contribution in [3.63, 3.8) is 0 Å². The predicted octanol–water partition coefficient (Wildman–Crippen LogP) is 3.03. The number of fused-ring (bicyclic) bond motifs is 1. The van der Waals surface area contributed by atoms with E-state index in [4.69, 9.17) is 0 Å². The molecule has 0 spiro atoms. The first-order valence-electron chi connectivity index (χ1n) is 9.06. The highest BCUT2D eigenvalue weighted by molar-refractivity contribution is 7.18. The number of piperazine rings is 1. The maximum absolute atomic E-state index is 13.0. The minimum Gasteiger partial charge on any atom is -0.354 e. The van der Waals surface area contributed by atoms with Crippen molar-refractivity contribution in [2.75, 3.05) is 50.1 Å². The number of amides is 1. The molecule has 0 aliphatic carbocycles. The molecule has 140 valence electrons. The minimum absolute atomic E-state index is 0.0339. The number of likely N-dealkylation sites (N-methyl/N-ethyl adjacent to an activating group) is 1. The van der Waals surface area contributed by atoms with Crippen LogP contribution >= 0.6 is 11.3 Å². The summed E-state index contributed by atoms with van der Waals surface area (Å²) in [5, 5.41) is 1.03. The molecule has 1 fully saturated rings. The second kappa shape index (κ2) is 7.25. The lowest BCUT2D eigenvalue weighted by Crippen LogP contribution is -2.44. The van der Waals surface area contributed by atoms with E-state index >= 15 is 0 Å². The number of aromatic nitrogens is 2. The second-order valence-corrected chi connectivity index (χ2v) is 8.18. The molecule has 4 rings (SSSR count). The Hall–Kier alpha value is -2.51. The summed E-state index contributed by atoms with van der Waals surface area (Å²) in [7, 11) is 3.94. The van der Waals surface area contributed by atoms with Gasteiger partial charge in [-0.3, -0.25) is 4.79 Å². The summed E-state index contributed by atoms with van der Waals surface area (Å²) >= 11 is 1.64. The molecule has 2 aromatic heterocycles. The molecule has 0 atom stereocenters. The monoisotopic (exact) mass is 381 g/mol. The lowest BCUT2D eigenvalue weighted by Gasteiger charge is -2.33. The normalized spacial score (nSPS) is 15.3. The molecule has 3 aromatic rings. The van der Waals surface area contributed by atoms with Gasteiger partial charge in [-0.15, -0.1) is 11.3 Å². The molecule has 7 heteroatoms. The van der Waals surface area contributed by atoms with Gasteiger partial charge in [-0.25, -0.2) is 9.97 Å². The van der Waals surface area contributed by atoms with E-state index in [1.807, 2.05) is 38.2 Å². The second-order valence-electron chi connectivity index (χ2n) is 6.94. The summed E-state index contributed by atoms with van der Waals surface area (Å²) in [5.41, 5.74) is 2.50. The summed E-state index contributed by atoms with van der Waals surface area (Å²) < 4.78 is 1.09. The Kier molecular flexibility index (Phi) is 4.80. The van der Waals surface area contributed by atoms with Crippen LogP contribution in [-0.4, -0.2) is 61.0 Å². The Bertz CT molecular complexity index is 977. The van der Waals surface area contributed by atoms with Crippen molar-refractivity contribution in [3.05, 3.63) is 47.1 Å². The summed E-state index contributed by atoms with van der Waals surface area (Å²) in [6.07, 6.45) is 1.73. The smallest absolute Gasteiger partial charge is 0.258 e. The molecule has 1 aromatic carbocycles. The molecule has 27 heavy (non-hydrogen) atoms. The molecule has 0 radical (unpaired) electrons. The van der Waals surface area contributed by atoms with E-state index < -0.39 is 0 Å². The van der Waals surface area contributed by atoms with E-state index in [0.29, 0.717) is 5.56 Å². The van der Waals surface area contributed by atoms with E-state index in [0.717, 1.165) is 52.9 Å². The van der Waals surface area contributed by atoms with Crippen molar-refractivity contribution in [3.8, 4) is 0 Å². The van der Waals surface area contributed by atoms with Crippen LogP contribution in [0.25, 0.3) is 10.2 Å². The highest BCUT2D eigenvalue weighted by Gasteiger charge is 2.19. The zero-order chi connectivity index (χ0) is 19.0. The number of benzene rings is 1. The van der Waals surface area contributed by atoms with Gasteiger partial charge in [-0.1, -0.05) is 0 Å². The van der Waals surface area contributed by atoms with Crippen molar-refractivity contribution in [1.29, 1.82) is 0 Å². The summed E-state index contributed by atoms with van der Waals surface area (Å²) in [6.45, 7) is 5.87. The van der Waals surface area contributed by atoms with Crippen LogP contribution in [0.3, 0.4) is 0 Å². The highest BCUT2D eigenvalue weighted by Crippen LogP contribution is 2.27. The molecule has 1 aliphatic rings. The fourth-order valence-electron chi connectivity index (χ4n) is 3.31. The number of thiazole rings is 1. The van der Waals surface area contributed by atoms with Crippen molar-refractivity contribution in [2.45, 2.75) is 6.92 Å². The molecular formula is C20H23N5OS. The van der Waals surface area contributed by atoms with E-state index in [-0.39, 0.29) is 5.91 Å². The van der Waals surface area contributed by atoms with Gasteiger partial charge >= 0.3 is 0 Å². The van der Waals surface area contributed by atoms with E-state index in [1.165, 1.54) is 0 Å². The highest BCUT2D eigenvalue weighted by atomic mass is 32.1. The Morgan fingerprint density at radius 3 is 2.70 bits per heavy atom. The third kappa shape index (κ3) is 3.65. The third-order valence-corrected chi connectivity index (χ3v) is 5.92. The maximum Gasteiger partial charge on any atom is 0.258 e. The number of aryl methyl sites for hydroxylation is 1. The maximum atomic E-state index is 13.0. The molecule has 1 amide bonds. The average Bonchev–Trinajstić information content (AvgIpc) is 3.06. The van der Waals surface area contributed by atoms with Gasteiger partial charge in [0.25, 0.3) is 5.91 Å². The lowest BCUT2D eigenvalue weighted by atomic mass is 10.2. The molecule has 3 heterocycles. The number of nitrogens with zero attached hydrogens (tertiary/aromatic N) is 5. The fraction of sp³-hybridized carbons (Fsp3) is 0.350. The number of hydrogen-bond acceptors (Lipinski definition) is 6. The number of hydrogen-bond donors (Lipinski definition) is 0.